The number of nitrogens with one attached hydrogen (secondary N) is 1. The summed E-state index contributed by atoms with van der Waals surface area (Å²) in [6.07, 6.45) is 3.67. The first-order valence-corrected chi connectivity index (χ1v) is 5.59. The summed E-state index contributed by atoms with van der Waals surface area (Å²) in [5.74, 6) is 0.898. The zero-order valence-electron chi connectivity index (χ0n) is 9.55. The molecule has 1 aliphatic rings. The van der Waals surface area contributed by atoms with Crippen molar-refractivity contribution in [1.82, 2.24) is 10.2 Å². The van der Waals surface area contributed by atoms with E-state index < -0.39 is 0 Å². The number of hydrogen-bond acceptors (Lipinski definition) is 2. The van der Waals surface area contributed by atoms with Gasteiger partial charge in [-0.05, 0) is 32.7 Å². The topological polar surface area (TPSA) is 32.3 Å². The molecule has 0 spiro atoms. The van der Waals surface area contributed by atoms with Crippen molar-refractivity contribution < 1.29 is 4.79 Å². The highest BCUT2D eigenvalue weighted by molar-refractivity contribution is 5.78. The van der Waals surface area contributed by atoms with Gasteiger partial charge in [-0.25, -0.2) is 0 Å². The monoisotopic (exact) mass is 198 g/mol. The second-order valence-corrected chi connectivity index (χ2v) is 4.46. The zero-order valence-corrected chi connectivity index (χ0v) is 9.55. The molecule has 1 fully saturated rings. The fourth-order valence-corrected chi connectivity index (χ4v) is 2.12. The molecule has 0 aromatic carbocycles. The second-order valence-electron chi connectivity index (χ2n) is 4.46. The molecule has 0 bridgehead atoms. The standard InChI is InChI=1S/C11H22N2O/c1-9-5-4-6-10(2)13(8-9)11(14)7-12-3/h9-10,12H,4-8H2,1-3H3. The normalized spacial score (nSPS) is 28.6. The summed E-state index contributed by atoms with van der Waals surface area (Å²) < 4.78 is 0. The van der Waals surface area contributed by atoms with Crippen LogP contribution in [0.3, 0.4) is 0 Å². The van der Waals surface area contributed by atoms with Crippen molar-refractivity contribution in [3.8, 4) is 0 Å². The Kier molecular flexibility index (Phi) is 4.39. The summed E-state index contributed by atoms with van der Waals surface area (Å²) in [5, 5.41) is 2.93. The van der Waals surface area contributed by atoms with Crippen LogP contribution in [-0.4, -0.2) is 37.0 Å². The molecule has 3 heteroatoms. The molecule has 1 N–H and O–H groups in total. The molecule has 1 aliphatic heterocycles. The Hall–Kier alpha value is -0.570. The molecule has 2 unspecified atom stereocenters. The SMILES string of the molecule is CNCC(=O)N1CC(C)CCCC1C. The molecule has 2 atom stereocenters. The van der Waals surface area contributed by atoms with Crippen LogP contribution in [0.15, 0.2) is 0 Å². The average Bonchev–Trinajstić information content (AvgIpc) is 2.29. The van der Waals surface area contributed by atoms with Gasteiger partial charge in [0, 0.05) is 12.6 Å². The van der Waals surface area contributed by atoms with Crippen LogP contribution in [0.4, 0.5) is 0 Å². The molecule has 0 radical (unpaired) electrons. The number of amides is 1. The van der Waals surface area contributed by atoms with Crippen molar-refractivity contribution in [2.45, 2.75) is 39.2 Å². The summed E-state index contributed by atoms with van der Waals surface area (Å²) in [6, 6.07) is 0.417. The Morgan fingerprint density at radius 3 is 2.79 bits per heavy atom. The quantitative estimate of drug-likeness (QED) is 0.724. The Bertz CT molecular complexity index is 194. The molecular formula is C11H22N2O. The summed E-state index contributed by atoms with van der Waals surface area (Å²) >= 11 is 0. The van der Waals surface area contributed by atoms with Crippen molar-refractivity contribution in [1.29, 1.82) is 0 Å². The highest BCUT2D eigenvalue weighted by Crippen LogP contribution is 2.20. The third-order valence-electron chi connectivity index (χ3n) is 3.01. The largest absolute Gasteiger partial charge is 0.339 e. The fourth-order valence-electron chi connectivity index (χ4n) is 2.12. The van der Waals surface area contributed by atoms with Gasteiger partial charge >= 0.3 is 0 Å². The smallest absolute Gasteiger partial charge is 0.236 e. The predicted octanol–water partition coefficient (Wildman–Crippen LogP) is 1.24. The number of hydrogen-bond donors (Lipinski definition) is 1. The second kappa shape index (κ2) is 5.35. The van der Waals surface area contributed by atoms with Gasteiger partial charge < -0.3 is 10.2 Å². The van der Waals surface area contributed by atoms with Gasteiger partial charge in [-0.3, -0.25) is 4.79 Å². The highest BCUT2D eigenvalue weighted by atomic mass is 16.2. The Morgan fingerprint density at radius 2 is 2.14 bits per heavy atom. The van der Waals surface area contributed by atoms with Crippen LogP contribution in [0.25, 0.3) is 0 Å². The molecule has 0 aromatic heterocycles. The van der Waals surface area contributed by atoms with Gasteiger partial charge in [-0.1, -0.05) is 13.3 Å². The lowest BCUT2D eigenvalue weighted by Gasteiger charge is -2.28. The van der Waals surface area contributed by atoms with Gasteiger partial charge in [-0.15, -0.1) is 0 Å². The maximum Gasteiger partial charge on any atom is 0.236 e. The van der Waals surface area contributed by atoms with Crippen LogP contribution in [0.1, 0.15) is 33.1 Å². The van der Waals surface area contributed by atoms with Gasteiger partial charge in [0.05, 0.1) is 6.54 Å². The van der Waals surface area contributed by atoms with Gasteiger partial charge in [0.1, 0.15) is 0 Å². The van der Waals surface area contributed by atoms with Gasteiger partial charge in [0.15, 0.2) is 0 Å². The lowest BCUT2D eigenvalue weighted by molar-refractivity contribution is -0.132. The zero-order chi connectivity index (χ0) is 10.6. The van der Waals surface area contributed by atoms with E-state index in [0.717, 1.165) is 13.0 Å². The maximum atomic E-state index is 11.8. The molecule has 1 amide bonds. The number of rotatable bonds is 2. The van der Waals surface area contributed by atoms with Crippen LogP contribution in [0.2, 0.25) is 0 Å². The Labute approximate surface area is 86.9 Å². The lowest BCUT2D eigenvalue weighted by Crippen LogP contribution is -2.43. The molecule has 1 rings (SSSR count). The van der Waals surface area contributed by atoms with E-state index in [1.807, 2.05) is 11.9 Å². The van der Waals surface area contributed by atoms with Crippen molar-refractivity contribution in [2.24, 2.45) is 5.92 Å². The average molecular weight is 198 g/mol. The summed E-state index contributed by atoms with van der Waals surface area (Å²) in [5.41, 5.74) is 0. The van der Waals surface area contributed by atoms with Crippen molar-refractivity contribution in [3.05, 3.63) is 0 Å². The lowest BCUT2D eigenvalue weighted by atomic mass is 10.1. The maximum absolute atomic E-state index is 11.8. The van der Waals surface area contributed by atoms with E-state index >= 15 is 0 Å². The number of nitrogens with zero attached hydrogens (tertiary/aromatic N) is 1. The van der Waals surface area contributed by atoms with E-state index in [9.17, 15) is 4.79 Å². The van der Waals surface area contributed by atoms with E-state index in [4.69, 9.17) is 0 Å². The molecule has 0 aliphatic carbocycles. The van der Waals surface area contributed by atoms with E-state index in [0.29, 0.717) is 18.5 Å². The number of carbonyl (C=O) groups is 1. The first-order valence-electron chi connectivity index (χ1n) is 5.59. The van der Waals surface area contributed by atoms with Crippen molar-refractivity contribution in [2.75, 3.05) is 20.1 Å². The predicted molar refractivity (Wildman–Crippen MR) is 58.1 cm³/mol. The first kappa shape index (κ1) is 11.5. The molecule has 3 nitrogen and oxygen atoms in total. The van der Waals surface area contributed by atoms with Crippen LogP contribution >= 0.6 is 0 Å². The molecule has 1 heterocycles. The van der Waals surface area contributed by atoms with Crippen LogP contribution in [-0.2, 0) is 4.79 Å². The third-order valence-corrected chi connectivity index (χ3v) is 3.01. The number of likely N-dealkylation sites (N-methyl/N-ethyl adjacent to an activating group) is 1. The van der Waals surface area contributed by atoms with E-state index in [1.165, 1.54) is 12.8 Å². The molecular weight excluding hydrogens is 176 g/mol. The van der Waals surface area contributed by atoms with E-state index in [2.05, 4.69) is 19.2 Å². The van der Waals surface area contributed by atoms with Crippen LogP contribution < -0.4 is 5.32 Å². The molecule has 14 heavy (non-hydrogen) atoms. The van der Waals surface area contributed by atoms with Gasteiger partial charge in [0.2, 0.25) is 5.91 Å². The number of carbonyl (C=O) groups excluding carboxylic acids is 1. The third kappa shape index (κ3) is 2.98. The van der Waals surface area contributed by atoms with E-state index in [1.54, 1.807) is 0 Å². The molecule has 1 saturated heterocycles. The summed E-state index contributed by atoms with van der Waals surface area (Å²) in [6.45, 7) is 5.79. The molecule has 0 aromatic rings. The molecule has 0 saturated carbocycles. The first-order chi connectivity index (χ1) is 6.65. The molecule has 82 valence electrons. The van der Waals surface area contributed by atoms with Crippen molar-refractivity contribution >= 4 is 5.91 Å². The summed E-state index contributed by atoms with van der Waals surface area (Å²) in [7, 11) is 1.82. The summed E-state index contributed by atoms with van der Waals surface area (Å²) in [4.78, 5) is 13.8. The van der Waals surface area contributed by atoms with Gasteiger partial charge in [-0.2, -0.15) is 0 Å². The minimum Gasteiger partial charge on any atom is -0.339 e. The van der Waals surface area contributed by atoms with Crippen molar-refractivity contribution in [3.63, 3.8) is 0 Å². The van der Waals surface area contributed by atoms with Crippen LogP contribution in [0, 0.1) is 5.92 Å². The Morgan fingerprint density at radius 1 is 1.43 bits per heavy atom. The minimum absolute atomic E-state index is 0.244. The fraction of sp³-hybridized carbons (Fsp3) is 0.909. The Balaban J connectivity index is 2.57. The van der Waals surface area contributed by atoms with Gasteiger partial charge in [0.25, 0.3) is 0 Å². The van der Waals surface area contributed by atoms with Crippen LogP contribution in [0.5, 0.6) is 0 Å². The van der Waals surface area contributed by atoms with E-state index in [-0.39, 0.29) is 5.91 Å². The highest BCUT2D eigenvalue weighted by Gasteiger charge is 2.24. The number of likely N-dealkylation sites (tertiary alicyclic amines) is 1. The minimum atomic E-state index is 0.244.